The van der Waals surface area contributed by atoms with Gasteiger partial charge in [-0.15, -0.1) is 0 Å². The first kappa shape index (κ1) is 12.6. The molecule has 0 aliphatic heterocycles. The third kappa shape index (κ3) is 3.07. The molecule has 3 N–H and O–H groups in total. The van der Waals surface area contributed by atoms with E-state index in [2.05, 4.69) is 9.97 Å². The Morgan fingerprint density at radius 3 is 2.61 bits per heavy atom. The Labute approximate surface area is 106 Å². The summed E-state index contributed by atoms with van der Waals surface area (Å²) < 4.78 is 25.7. The Hall–Kier alpha value is -1.89. The van der Waals surface area contributed by atoms with E-state index >= 15 is 0 Å². The molecular formula is C11H9F2N3OS. The van der Waals surface area contributed by atoms with Crippen LogP contribution in [0.1, 0.15) is 5.56 Å². The van der Waals surface area contributed by atoms with Crippen LogP contribution in [0.3, 0.4) is 0 Å². The molecule has 0 aliphatic rings. The van der Waals surface area contributed by atoms with Crippen LogP contribution in [0, 0.1) is 11.6 Å². The van der Waals surface area contributed by atoms with Crippen molar-refractivity contribution < 1.29 is 13.9 Å². The number of anilines is 1. The van der Waals surface area contributed by atoms with Crippen LogP contribution in [0.4, 0.5) is 14.6 Å². The molecule has 0 unspecified atom stereocenters. The van der Waals surface area contributed by atoms with E-state index in [0.29, 0.717) is 11.3 Å². The Balaban J connectivity index is 2.08. The van der Waals surface area contributed by atoms with Crippen LogP contribution >= 0.6 is 11.8 Å². The van der Waals surface area contributed by atoms with Gasteiger partial charge in [0, 0.05) is 11.8 Å². The topological polar surface area (TPSA) is 72.0 Å². The number of thioether (sulfide) groups is 1. The minimum Gasteiger partial charge on any atom is -0.493 e. The van der Waals surface area contributed by atoms with Gasteiger partial charge in [0.25, 0.3) is 0 Å². The Morgan fingerprint density at radius 1 is 1.17 bits per heavy atom. The van der Waals surface area contributed by atoms with Crippen molar-refractivity contribution in [2.24, 2.45) is 0 Å². The van der Waals surface area contributed by atoms with Gasteiger partial charge >= 0.3 is 0 Å². The van der Waals surface area contributed by atoms with Crippen LogP contribution in [0.15, 0.2) is 29.4 Å². The van der Waals surface area contributed by atoms with Gasteiger partial charge in [0.15, 0.2) is 16.8 Å². The van der Waals surface area contributed by atoms with E-state index in [-0.39, 0.29) is 16.9 Å². The van der Waals surface area contributed by atoms with Gasteiger partial charge in [-0.2, -0.15) is 4.98 Å². The van der Waals surface area contributed by atoms with Crippen LogP contribution in [0.2, 0.25) is 0 Å². The highest BCUT2D eigenvalue weighted by Gasteiger charge is 2.06. The van der Waals surface area contributed by atoms with Crippen molar-refractivity contribution in [3.05, 3.63) is 41.5 Å². The van der Waals surface area contributed by atoms with Gasteiger partial charge in [0.2, 0.25) is 5.88 Å². The van der Waals surface area contributed by atoms with Crippen molar-refractivity contribution in [1.29, 1.82) is 0 Å². The number of hydrogen-bond donors (Lipinski definition) is 2. The summed E-state index contributed by atoms with van der Waals surface area (Å²) in [6.07, 6.45) is 0. The van der Waals surface area contributed by atoms with Crippen LogP contribution < -0.4 is 5.73 Å². The van der Waals surface area contributed by atoms with E-state index in [9.17, 15) is 13.9 Å². The molecule has 1 aromatic carbocycles. The largest absolute Gasteiger partial charge is 0.493 e. The summed E-state index contributed by atoms with van der Waals surface area (Å²) in [4.78, 5) is 7.64. The second-order valence-electron chi connectivity index (χ2n) is 3.47. The van der Waals surface area contributed by atoms with Gasteiger partial charge < -0.3 is 10.8 Å². The lowest BCUT2D eigenvalue weighted by Crippen LogP contribution is -1.95. The number of halogens is 2. The van der Waals surface area contributed by atoms with E-state index < -0.39 is 11.6 Å². The van der Waals surface area contributed by atoms with Gasteiger partial charge in [-0.1, -0.05) is 17.8 Å². The molecule has 2 aromatic rings. The summed E-state index contributed by atoms with van der Waals surface area (Å²) in [5.41, 5.74) is 6.03. The smallest absolute Gasteiger partial charge is 0.216 e. The number of nitrogens with zero attached hydrogens (tertiary/aromatic N) is 2. The second kappa shape index (κ2) is 5.18. The molecule has 0 saturated heterocycles. The van der Waals surface area contributed by atoms with Gasteiger partial charge in [-0.25, -0.2) is 13.8 Å². The van der Waals surface area contributed by atoms with Crippen molar-refractivity contribution >= 4 is 17.6 Å². The summed E-state index contributed by atoms with van der Waals surface area (Å²) >= 11 is 1.17. The molecule has 0 spiro atoms. The van der Waals surface area contributed by atoms with E-state index in [0.717, 1.165) is 12.1 Å². The fourth-order valence-corrected chi connectivity index (χ4v) is 2.08. The highest BCUT2D eigenvalue weighted by molar-refractivity contribution is 7.98. The van der Waals surface area contributed by atoms with Crippen molar-refractivity contribution in [2.75, 3.05) is 5.73 Å². The lowest BCUT2D eigenvalue weighted by Gasteiger charge is -2.03. The quantitative estimate of drug-likeness (QED) is 0.661. The maximum atomic E-state index is 13.0. The Kier molecular flexibility index (Phi) is 3.61. The first-order chi connectivity index (χ1) is 8.54. The van der Waals surface area contributed by atoms with E-state index in [1.807, 2.05) is 0 Å². The van der Waals surface area contributed by atoms with Crippen molar-refractivity contribution in [2.45, 2.75) is 10.9 Å². The van der Waals surface area contributed by atoms with E-state index in [1.165, 1.54) is 23.9 Å². The molecule has 0 radical (unpaired) electrons. The fourth-order valence-electron chi connectivity index (χ4n) is 1.27. The number of nitrogen functional groups attached to an aromatic ring is 1. The molecule has 4 nitrogen and oxygen atoms in total. The van der Waals surface area contributed by atoms with Crippen LogP contribution in [0.25, 0.3) is 0 Å². The van der Waals surface area contributed by atoms with Gasteiger partial charge in [-0.3, -0.25) is 0 Å². The molecular weight excluding hydrogens is 260 g/mol. The average Bonchev–Trinajstić information content (AvgIpc) is 2.29. The third-order valence-electron chi connectivity index (χ3n) is 2.06. The van der Waals surface area contributed by atoms with E-state index in [4.69, 9.17) is 5.73 Å². The Bertz CT molecular complexity index is 560. The summed E-state index contributed by atoms with van der Waals surface area (Å²) in [6.45, 7) is 0. The minimum absolute atomic E-state index is 0.148. The number of benzene rings is 1. The fraction of sp³-hybridized carbons (Fsp3) is 0.0909. The monoisotopic (exact) mass is 269 g/mol. The summed E-state index contributed by atoms with van der Waals surface area (Å²) in [5.74, 6) is -1.52. The average molecular weight is 269 g/mol. The first-order valence-corrected chi connectivity index (χ1v) is 5.93. The number of nitrogens with two attached hydrogens (primary N) is 1. The molecule has 0 amide bonds. The standard InChI is InChI=1S/C11H9F2N3OS/c12-7-2-1-6(3-8(7)13)5-18-11-15-9(14)4-10(17)16-11/h1-4H,5H2,(H3,14,15,16,17). The van der Waals surface area contributed by atoms with Crippen molar-refractivity contribution in [3.8, 4) is 5.88 Å². The molecule has 1 aromatic heterocycles. The minimum atomic E-state index is -0.899. The maximum Gasteiger partial charge on any atom is 0.216 e. The van der Waals surface area contributed by atoms with Gasteiger partial charge in [-0.05, 0) is 17.7 Å². The molecule has 7 heteroatoms. The molecule has 0 aliphatic carbocycles. The lowest BCUT2D eigenvalue weighted by molar-refractivity contribution is 0.446. The molecule has 0 bridgehead atoms. The zero-order valence-corrected chi connectivity index (χ0v) is 9.92. The highest BCUT2D eigenvalue weighted by Crippen LogP contribution is 2.23. The summed E-state index contributed by atoms with van der Waals surface area (Å²) in [5, 5.41) is 9.49. The SMILES string of the molecule is Nc1cc(O)nc(SCc2ccc(F)c(F)c2)n1. The van der Waals surface area contributed by atoms with Gasteiger partial charge in [0.1, 0.15) is 5.82 Å². The predicted octanol–water partition coefficient (Wildman–Crippen LogP) is 2.33. The van der Waals surface area contributed by atoms with Crippen molar-refractivity contribution in [1.82, 2.24) is 9.97 Å². The van der Waals surface area contributed by atoms with Crippen molar-refractivity contribution in [3.63, 3.8) is 0 Å². The highest BCUT2D eigenvalue weighted by atomic mass is 32.2. The predicted molar refractivity (Wildman–Crippen MR) is 64.0 cm³/mol. The molecule has 18 heavy (non-hydrogen) atoms. The van der Waals surface area contributed by atoms with Crippen LogP contribution in [0.5, 0.6) is 5.88 Å². The van der Waals surface area contributed by atoms with Crippen LogP contribution in [-0.4, -0.2) is 15.1 Å². The molecule has 0 saturated carbocycles. The number of hydrogen-bond acceptors (Lipinski definition) is 5. The lowest BCUT2D eigenvalue weighted by atomic mass is 10.2. The number of aromatic hydroxyl groups is 1. The molecule has 2 rings (SSSR count). The zero-order chi connectivity index (χ0) is 13.1. The number of aromatic nitrogens is 2. The van der Waals surface area contributed by atoms with Gasteiger partial charge in [0.05, 0.1) is 0 Å². The third-order valence-corrected chi connectivity index (χ3v) is 2.98. The normalized spacial score (nSPS) is 10.6. The zero-order valence-electron chi connectivity index (χ0n) is 9.10. The maximum absolute atomic E-state index is 13.0. The molecule has 1 heterocycles. The molecule has 0 fully saturated rings. The first-order valence-electron chi connectivity index (χ1n) is 4.95. The van der Waals surface area contributed by atoms with E-state index in [1.54, 1.807) is 0 Å². The molecule has 94 valence electrons. The van der Waals surface area contributed by atoms with Crippen LogP contribution in [-0.2, 0) is 5.75 Å². The Morgan fingerprint density at radius 2 is 1.94 bits per heavy atom. The summed E-state index contributed by atoms with van der Waals surface area (Å²) in [6, 6.07) is 4.86. The summed E-state index contributed by atoms with van der Waals surface area (Å²) in [7, 11) is 0. The molecule has 0 atom stereocenters. The number of rotatable bonds is 3. The second-order valence-corrected chi connectivity index (χ2v) is 4.41.